The lowest BCUT2D eigenvalue weighted by molar-refractivity contribution is 0.112. The molecule has 0 bridgehead atoms. The monoisotopic (exact) mass is 144 g/mol. The molecule has 0 aromatic carbocycles. The van der Waals surface area contributed by atoms with Gasteiger partial charge >= 0.3 is 0 Å². The number of thiol groups is 1. The normalized spacial score (nSPS) is 9.12. The summed E-state index contributed by atoms with van der Waals surface area (Å²) in [4.78, 5) is 10.7. The van der Waals surface area contributed by atoms with Crippen LogP contribution in [0, 0.1) is 0 Å². The molecule has 1 aromatic heterocycles. The fraction of sp³-hybridized carbons (Fsp3) is 0. The molecule has 0 radical (unpaired) electrons. The molecule has 1 aromatic rings. The van der Waals surface area contributed by atoms with Crippen molar-refractivity contribution in [3.05, 3.63) is 17.0 Å². The number of hydrogen-bond donors (Lipinski definition) is 1. The Morgan fingerprint density at radius 1 is 1.62 bits per heavy atom. The maximum atomic E-state index is 10.00. The molecule has 0 aliphatic heterocycles. The summed E-state index contributed by atoms with van der Waals surface area (Å²) in [7, 11) is 0. The van der Waals surface area contributed by atoms with Gasteiger partial charge in [-0.3, -0.25) is 4.79 Å². The fourth-order valence-corrected chi connectivity index (χ4v) is 1.36. The van der Waals surface area contributed by atoms with Gasteiger partial charge in [-0.15, -0.1) is 24.0 Å². The molecule has 0 unspecified atom stereocenters. The maximum Gasteiger partial charge on any atom is 0.160 e. The second-order valence-corrected chi connectivity index (χ2v) is 3.19. The first-order valence-corrected chi connectivity index (χ1v) is 3.33. The van der Waals surface area contributed by atoms with Crippen LogP contribution in [0.4, 0.5) is 0 Å². The molecule has 0 saturated heterocycles. The quantitative estimate of drug-likeness (QED) is 0.470. The van der Waals surface area contributed by atoms with Crippen molar-refractivity contribution >= 4 is 30.3 Å². The van der Waals surface area contributed by atoms with E-state index in [0.29, 0.717) is 0 Å². The molecule has 0 aliphatic rings. The van der Waals surface area contributed by atoms with Crippen molar-refractivity contribution < 1.29 is 4.79 Å². The topological polar surface area (TPSA) is 17.1 Å². The number of carbonyl (C=O) groups excluding carboxylic acids is 1. The van der Waals surface area contributed by atoms with E-state index in [-0.39, 0.29) is 0 Å². The second-order valence-electron chi connectivity index (χ2n) is 1.29. The van der Waals surface area contributed by atoms with Gasteiger partial charge < -0.3 is 0 Å². The highest BCUT2D eigenvalue weighted by atomic mass is 32.2. The molecule has 0 amide bonds. The minimum Gasteiger partial charge on any atom is -0.297 e. The molecule has 0 fully saturated rings. The van der Waals surface area contributed by atoms with Crippen LogP contribution in [-0.4, -0.2) is 6.29 Å². The SMILES string of the molecule is O=Cc1ccc(S)s1. The van der Waals surface area contributed by atoms with E-state index >= 15 is 0 Å². The second kappa shape index (κ2) is 2.33. The Bertz CT molecular complexity index is 192. The number of thiophene rings is 1. The van der Waals surface area contributed by atoms with Gasteiger partial charge in [-0.2, -0.15) is 0 Å². The summed E-state index contributed by atoms with van der Waals surface area (Å²) in [6, 6.07) is 3.55. The van der Waals surface area contributed by atoms with Crippen LogP contribution < -0.4 is 0 Å². The van der Waals surface area contributed by atoms with E-state index in [9.17, 15) is 4.79 Å². The molecule has 3 heteroatoms. The zero-order valence-electron chi connectivity index (χ0n) is 4.00. The molecule has 1 heterocycles. The van der Waals surface area contributed by atoms with E-state index in [4.69, 9.17) is 0 Å². The third-order valence-corrected chi connectivity index (χ3v) is 1.96. The maximum absolute atomic E-state index is 10.00. The standard InChI is InChI=1S/C5H4OS2/c6-3-4-1-2-5(7)8-4/h1-3,7H. The molecular formula is C5H4OS2. The molecule has 42 valence electrons. The third-order valence-electron chi connectivity index (χ3n) is 0.729. The molecule has 1 rings (SSSR count). The average molecular weight is 144 g/mol. The molecular weight excluding hydrogens is 140 g/mol. The minimum absolute atomic E-state index is 0.731. The zero-order valence-corrected chi connectivity index (χ0v) is 5.71. The summed E-state index contributed by atoms with van der Waals surface area (Å²) in [5.74, 6) is 0. The summed E-state index contributed by atoms with van der Waals surface area (Å²) in [5, 5.41) is 0. The molecule has 8 heavy (non-hydrogen) atoms. The number of rotatable bonds is 1. The van der Waals surface area contributed by atoms with E-state index < -0.39 is 0 Å². The van der Waals surface area contributed by atoms with Crippen molar-refractivity contribution in [2.45, 2.75) is 4.21 Å². The Morgan fingerprint density at radius 3 is 2.62 bits per heavy atom. The lowest BCUT2D eigenvalue weighted by Crippen LogP contribution is -1.61. The molecule has 1 nitrogen and oxygen atoms in total. The largest absolute Gasteiger partial charge is 0.297 e. The first kappa shape index (κ1) is 5.85. The van der Waals surface area contributed by atoms with E-state index in [1.807, 2.05) is 0 Å². The lowest BCUT2D eigenvalue weighted by Gasteiger charge is -1.70. The van der Waals surface area contributed by atoms with E-state index in [1.54, 1.807) is 12.1 Å². The Morgan fingerprint density at radius 2 is 2.38 bits per heavy atom. The minimum atomic E-state index is 0.731. The van der Waals surface area contributed by atoms with Gasteiger partial charge in [0.25, 0.3) is 0 Å². The first-order valence-electron chi connectivity index (χ1n) is 2.07. The highest BCUT2D eigenvalue weighted by Gasteiger charge is 1.90. The van der Waals surface area contributed by atoms with Crippen molar-refractivity contribution in [3.63, 3.8) is 0 Å². The van der Waals surface area contributed by atoms with Gasteiger partial charge in [0.05, 0.1) is 9.09 Å². The molecule has 0 atom stereocenters. The Hall–Kier alpha value is -0.280. The lowest BCUT2D eigenvalue weighted by atomic mass is 10.5. The van der Waals surface area contributed by atoms with Gasteiger partial charge in [0, 0.05) is 0 Å². The van der Waals surface area contributed by atoms with Crippen LogP contribution in [0.25, 0.3) is 0 Å². The molecule has 0 N–H and O–H groups in total. The third kappa shape index (κ3) is 1.11. The number of carbonyl (C=O) groups is 1. The van der Waals surface area contributed by atoms with Crippen LogP contribution >= 0.6 is 24.0 Å². The average Bonchev–Trinajstić information content (AvgIpc) is 2.14. The fourth-order valence-electron chi connectivity index (χ4n) is 0.406. The highest BCUT2D eigenvalue weighted by molar-refractivity contribution is 7.82. The Kier molecular flexibility index (Phi) is 1.70. The molecule has 0 spiro atoms. The van der Waals surface area contributed by atoms with Gasteiger partial charge in [0.1, 0.15) is 0 Å². The summed E-state index contributed by atoms with van der Waals surface area (Å²) < 4.78 is 0.882. The Labute approximate surface area is 56.8 Å². The van der Waals surface area contributed by atoms with Crippen LogP contribution in [0.1, 0.15) is 9.67 Å². The van der Waals surface area contributed by atoms with Gasteiger partial charge in [-0.25, -0.2) is 0 Å². The first-order chi connectivity index (χ1) is 3.83. The van der Waals surface area contributed by atoms with E-state index in [1.165, 1.54) is 11.3 Å². The van der Waals surface area contributed by atoms with E-state index in [2.05, 4.69) is 12.6 Å². The van der Waals surface area contributed by atoms with Crippen molar-refractivity contribution in [2.24, 2.45) is 0 Å². The van der Waals surface area contributed by atoms with Crippen LogP contribution in [0.5, 0.6) is 0 Å². The van der Waals surface area contributed by atoms with Gasteiger partial charge in [0.2, 0.25) is 0 Å². The summed E-state index contributed by atoms with van der Waals surface area (Å²) in [6.45, 7) is 0. The van der Waals surface area contributed by atoms with Crippen molar-refractivity contribution in [2.75, 3.05) is 0 Å². The van der Waals surface area contributed by atoms with Crippen molar-refractivity contribution in [3.8, 4) is 0 Å². The Balaban J connectivity index is 3.00. The van der Waals surface area contributed by atoms with E-state index in [0.717, 1.165) is 15.4 Å². The van der Waals surface area contributed by atoms with Gasteiger partial charge in [0.15, 0.2) is 6.29 Å². The molecule has 0 saturated carbocycles. The van der Waals surface area contributed by atoms with Gasteiger partial charge in [-0.1, -0.05) is 0 Å². The predicted molar refractivity (Wildman–Crippen MR) is 37.0 cm³/mol. The zero-order chi connectivity index (χ0) is 5.98. The van der Waals surface area contributed by atoms with Gasteiger partial charge in [-0.05, 0) is 12.1 Å². The van der Waals surface area contributed by atoms with Crippen LogP contribution in [-0.2, 0) is 0 Å². The summed E-state index contributed by atoms with van der Waals surface area (Å²) in [5.41, 5.74) is 0. The summed E-state index contributed by atoms with van der Waals surface area (Å²) >= 11 is 5.40. The van der Waals surface area contributed by atoms with Crippen molar-refractivity contribution in [1.29, 1.82) is 0 Å². The predicted octanol–water partition coefficient (Wildman–Crippen LogP) is 1.85. The summed E-state index contributed by atoms with van der Waals surface area (Å²) in [6.07, 6.45) is 0.824. The van der Waals surface area contributed by atoms with Crippen LogP contribution in [0.15, 0.2) is 16.3 Å². The highest BCUT2D eigenvalue weighted by Crippen LogP contribution is 2.17. The van der Waals surface area contributed by atoms with Crippen molar-refractivity contribution in [1.82, 2.24) is 0 Å². The smallest absolute Gasteiger partial charge is 0.160 e. The number of hydrogen-bond acceptors (Lipinski definition) is 3. The van der Waals surface area contributed by atoms with Crippen LogP contribution in [0.2, 0.25) is 0 Å². The van der Waals surface area contributed by atoms with Crippen LogP contribution in [0.3, 0.4) is 0 Å². The molecule has 0 aliphatic carbocycles. The number of aldehydes is 1.